The molecule has 3 rings (SSSR count). The smallest absolute Gasteiger partial charge is 0.187 e. The standard InChI is InChI=1S/C24H23NO2/c1-17-10-9-11-18(2)24(17)27-23-15-8-7-14-21(23)25-19(3)16-22(26)20-12-5-4-6-13-20/h4-16,25H,1-3H3/b19-16+. The van der Waals surface area contributed by atoms with Crippen LogP contribution in [0.1, 0.15) is 28.4 Å². The largest absolute Gasteiger partial charge is 0.455 e. The molecule has 0 saturated heterocycles. The molecule has 0 heterocycles. The molecule has 0 unspecified atom stereocenters. The van der Waals surface area contributed by atoms with Crippen LogP contribution in [0.15, 0.2) is 84.6 Å². The van der Waals surface area contributed by atoms with Gasteiger partial charge in [0.25, 0.3) is 0 Å². The van der Waals surface area contributed by atoms with E-state index in [1.54, 1.807) is 6.08 Å². The molecular formula is C24H23NO2. The fourth-order valence-electron chi connectivity index (χ4n) is 2.86. The molecule has 0 bridgehead atoms. The summed E-state index contributed by atoms with van der Waals surface area (Å²) in [7, 11) is 0. The maximum atomic E-state index is 12.4. The maximum absolute atomic E-state index is 12.4. The quantitative estimate of drug-likeness (QED) is 0.416. The fraction of sp³-hybridized carbons (Fsp3) is 0.125. The van der Waals surface area contributed by atoms with Gasteiger partial charge in [-0.2, -0.15) is 0 Å². The predicted molar refractivity (Wildman–Crippen MR) is 111 cm³/mol. The van der Waals surface area contributed by atoms with E-state index in [0.717, 1.165) is 34.0 Å². The molecule has 27 heavy (non-hydrogen) atoms. The fourth-order valence-corrected chi connectivity index (χ4v) is 2.86. The summed E-state index contributed by atoms with van der Waals surface area (Å²) in [6.07, 6.45) is 1.60. The van der Waals surface area contributed by atoms with Crippen molar-refractivity contribution in [3.63, 3.8) is 0 Å². The van der Waals surface area contributed by atoms with Crippen molar-refractivity contribution in [1.82, 2.24) is 0 Å². The summed E-state index contributed by atoms with van der Waals surface area (Å²) in [5.74, 6) is 1.54. The molecule has 0 saturated carbocycles. The second kappa shape index (κ2) is 8.37. The van der Waals surface area contributed by atoms with E-state index in [-0.39, 0.29) is 5.78 Å². The molecule has 0 radical (unpaired) electrons. The predicted octanol–water partition coefficient (Wildman–Crippen LogP) is 6.29. The Balaban J connectivity index is 1.82. The molecule has 0 aliphatic rings. The van der Waals surface area contributed by atoms with Gasteiger partial charge in [0.15, 0.2) is 11.5 Å². The molecule has 0 fully saturated rings. The lowest BCUT2D eigenvalue weighted by Crippen LogP contribution is -2.03. The molecule has 0 aliphatic carbocycles. The van der Waals surface area contributed by atoms with Crippen LogP contribution in [-0.2, 0) is 0 Å². The number of rotatable bonds is 6. The van der Waals surface area contributed by atoms with Crippen molar-refractivity contribution < 1.29 is 9.53 Å². The molecule has 3 heteroatoms. The third-order valence-electron chi connectivity index (χ3n) is 4.25. The Morgan fingerprint density at radius 2 is 1.48 bits per heavy atom. The zero-order valence-corrected chi connectivity index (χ0v) is 15.8. The van der Waals surface area contributed by atoms with Crippen molar-refractivity contribution in [3.05, 3.63) is 101 Å². The van der Waals surface area contributed by atoms with Crippen molar-refractivity contribution >= 4 is 11.5 Å². The lowest BCUT2D eigenvalue weighted by molar-refractivity contribution is 0.104. The van der Waals surface area contributed by atoms with E-state index >= 15 is 0 Å². The Kier molecular flexibility index (Phi) is 5.72. The van der Waals surface area contributed by atoms with Gasteiger partial charge in [-0.15, -0.1) is 0 Å². The lowest BCUT2D eigenvalue weighted by atomic mass is 10.1. The first kappa shape index (κ1) is 18.5. The molecule has 0 atom stereocenters. The van der Waals surface area contributed by atoms with Crippen LogP contribution in [0.25, 0.3) is 0 Å². The van der Waals surface area contributed by atoms with Crippen LogP contribution in [0.5, 0.6) is 11.5 Å². The average Bonchev–Trinajstić information content (AvgIpc) is 2.66. The summed E-state index contributed by atoms with van der Waals surface area (Å²) in [5, 5.41) is 3.29. The van der Waals surface area contributed by atoms with Crippen molar-refractivity contribution in [1.29, 1.82) is 0 Å². The summed E-state index contributed by atoms with van der Waals surface area (Å²) in [6, 6.07) is 23.0. The maximum Gasteiger partial charge on any atom is 0.187 e. The Morgan fingerprint density at radius 1 is 0.852 bits per heavy atom. The summed E-state index contributed by atoms with van der Waals surface area (Å²) >= 11 is 0. The number of carbonyl (C=O) groups excluding carboxylic acids is 1. The zero-order chi connectivity index (χ0) is 19.2. The first-order valence-electron chi connectivity index (χ1n) is 8.92. The average molecular weight is 357 g/mol. The molecule has 0 aliphatic heterocycles. The van der Waals surface area contributed by atoms with E-state index in [9.17, 15) is 4.79 Å². The Labute approximate surface area is 160 Å². The molecule has 136 valence electrons. The van der Waals surface area contributed by atoms with Crippen molar-refractivity contribution in [3.8, 4) is 11.5 Å². The minimum atomic E-state index is -0.0336. The van der Waals surface area contributed by atoms with Crippen LogP contribution < -0.4 is 10.1 Å². The number of ether oxygens (including phenoxy) is 1. The van der Waals surface area contributed by atoms with Gasteiger partial charge in [-0.25, -0.2) is 0 Å². The minimum absolute atomic E-state index is 0.0336. The van der Waals surface area contributed by atoms with Crippen LogP contribution in [0.4, 0.5) is 5.69 Å². The van der Waals surface area contributed by atoms with Crippen LogP contribution in [0.3, 0.4) is 0 Å². The van der Waals surface area contributed by atoms with Gasteiger partial charge in [0.1, 0.15) is 5.75 Å². The van der Waals surface area contributed by atoms with Gasteiger partial charge in [-0.3, -0.25) is 4.79 Å². The number of nitrogens with one attached hydrogen (secondary N) is 1. The third kappa shape index (κ3) is 4.64. The highest BCUT2D eigenvalue weighted by atomic mass is 16.5. The Bertz CT molecular complexity index is 954. The van der Waals surface area contributed by atoms with Gasteiger partial charge in [0.05, 0.1) is 5.69 Å². The van der Waals surface area contributed by atoms with E-state index < -0.39 is 0 Å². The molecule has 3 aromatic rings. The van der Waals surface area contributed by atoms with E-state index in [0.29, 0.717) is 5.56 Å². The lowest BCUT2D eigenvalue weighted by Gasteiger charge is -2.16. The summed E-state index contributed by atoms with van der Waals surface area (Å²) in [5.41, 5.74) is 4.39. The van der Waals surface area contributed by atoms with Gasteiger partial charge >= 0.3 is 0 Å². The highest BCUT2D eigenvalue weighted by Gasteiger charge is 2.09. The highest BCUT2D eigenvalue weighted by Crippen LogP contribution is 2.33. The number of aryl methyl sites for hydroxylation is 2. The Morgan fingerprint density at radius 3 is 2.19 bits per heavy atom. The van der Waals surface area contributed by atoms with Gasteiger partial charge in [-0.05, 0) is 44.0 Å². The van der Waals surface area contributed by atoms with Gasteiger partial charge in [0.2, 0.25) is 0 Å². The van der Waals surface area contributed by atoms with E-state index in [1.165, 1.54) is 0 Å². The number of allylic oxidation sites excluding steroid dienone is 2. The van der Waals surface area contributed by atoms with E-state index in [2.05, 4.69) is 5.32 Å². The van der Waals surface area contributed by atoms with Gasteiger partial charge in [0, 0.05) is 17.3 Å². The van der Waals surface area contributed by atoms with Crippen LogP contribution >= 0.6 is 0 Å². The molecule has 3 nitrogen and oxygen atoms in total. The highest BCUT2D eigenvalue weighted by molar-refractivity contribution is 6.05. The first-order valence-corrected chi connectivity index (χ1v) is 8.92. The number of carbonyl (C=O) groups is 1. The molecule has 0 spiro atoms. The molecule has 0 amide bonds. The second-order valence-electron chi connectivity index (χ2n) is 6.50. The zero-order valence-electron chi connectivity index (χ0n) is 15.8. The molecule has 0 aromatic heterocycles. The molecular weight excluding hydrogens is 334 g/mol. The van der Waals surface area contributed by atoms with Crippen LogP contribution in [-0.4, -0.2) is 5.78 Å². The third-order valence-corrected chi connectivity index (χ3v) is 4.25. The normalized spacial score (nSPS) is 11.1. The Hall–Kier alpha value is -3.33. The SMILES string of the molecule is C/C(=C\C(=O)c1ccccc1)Nc1ccccc1Oc1c(C)cccc1C. The van der Waals surface area contributed by atoms with Crippen LogP contribution in [0, 0.1) is 13.8 Å². The summed E-state index contributed by atoms with van der Waals surface area (Å²) < 4.78 is 6.19. The monoisotopic (exact) mass is 357 g/mol. The van der Waals surface area contributed by atoms with E-state index in [1.807, 2.05) is 93.6 Å². The first-order chi connectivity index (χ1) is 13.0. The topological polar surface area (TPSA) is 38.3 Å². The van der Waals surface area contributed by atoms with Crippen molar-refractivity contribution in [2.75, 3.05) is 5.32 Å². The molecule has 3 aromatic carbocycles. The van der Waals surface area contributed by atoms with Crippen LogP contribution in [0.2, 0.25) is 0 Å². The summed E-state index contributed by atoms with van der Waals surface area (Å²) in [4.78, 5) is 12.4. The molecule has 1 N–H and O–H groups in total. The van der Waals surface area contributed by atoms with Crippen molar-refractivity contribution in [2.45, 2.75) is 20.8 Å². The number of hydrogen-bond acceptors (Lipinski definition) is 3. The van der Waals surface area contributed by atoms with Gasteiger partial charge in [-0.1, -0.05) is 60.7 Å². The number of para-hydroxylation sites is 3. The number of anilines is 1. The minimum Gasteiger partial charge on any atom is -0.455 e. The number of ketones is 1. The van der Waals surface area contributed by atoms with Gasteiger partial charge < -0.3 is 10.1 Å². The summed E-state index contributed by atoms with van der Waals surface area (Å²) in [6.45, 7) is 5.93. The van der Waals surface area contributed by atoms with Crippen molar-refractivity contribution in [2.24, 2.45) is 0 Å². The number of hydrogen-bond donors (Lipinski definition) is 1. The van der Waals surface area contributed by atoms with E-state index in [4.69, 9.17) is 4.74 Å². The number of benzene rings is 3. The second-order valence-corrected chi connectivity index (χ2v) is 6.50.